The minimum Gasteiger partial charge on any atom is -0.366 e. The maximum Gasteiger partial charge on any atom is 0.329 e. The van der Waals surface area contributed by atoms with Crippen molar-refractivity contribution in [1.82, 2.24) is 10.3 Å². The van der Waals surface area contributed by atoms with Gasteiger partial charge >= 0.3 is 6.03 Å². The van der Waals surface area contributed by atoms with E-state index in [0.29, 0.717) is 30.0 Å². The normalized spacial score (nSPS) is 21.0. The van der Waals surface area contributed by atoms with Crippen LogP contribution >= 0.6 is 23.2 Å². The van der Waals surface area contributed by atoms with Crippen LogP contribution in [0.2, 0.25) is 10.0 Å². The van der Waals surface area contributed by atoms with Crippen LogP contribution in [0, 0.1) is 5.92 Å². The molecule has 0 bridgehead atoms. The van der Waals surface area contributed by atoms with Gasteiger partial charge in [0.2, 0.25) is 11.8 Å². The van der Waals surface area contributed by atoms with Crippen molar-refractivity contribution in [3.8, 4) is 11.1 Å². The first-order chi connectivity index (χ1) is 18.8. The van der Waals surface area contributed by atoms with E-state index in [1.807, 2.05) is 48.5 Å². The number of carbonyl (C=O) groups excluding carboxylic acids is 3. The van der Waals surface area contributed by atoms with E-state index in [4.69, 9.17) is 28.9 Å². The Balaban J connectivity index is 1.31. The standard InChI is InChI=1S/C30H24Cl2N4O3/c31-23-11-9-16(12-22(23)28(33)37)20-6-3-7-24(32)27(20)17-8-10-21-25(13-17)35-30(39)36(29(21)38)26-15-34-14-18-4-1-2-5-19(18)26/h1-7,9,11-12,14-15,17,21,25H,8,10,13H2,(H2,33,37)(H,35,39). The predicted molar refractivity (Wildman–Crippen MR) is 152 cm³/mol. The Kier molecular flexibility index (Phi) is 6.49. The number of carbonyl (C=O) groups is 3. The average Bonchev–Trinajstić information content (AvgIpc) is 2.93. The molecule has 196 valence electrons. The molecular formula is C30H24Cl2N4O3. The van der Waals surface area contributed by atoms with Crippen LogP contribution in [-0.4, -0.2) is 28.9 Å². The zero-order chi connectivity index (χ0) is 27.3. The molecule has 4 amide bonds. The van der Waals surface area contributed by atoms with E-state index >= 15 is 0 Å². The SMILES string of the molecule is NC(=O)c1cc(-c2cccc(Cl)c2C2CCC3C(=O)N(c4cncc5ccccc45)C(=O)NC3C2)ccc1Cl. The molecule has 39 heavy (non-hydrogen) atoms. The summed E-state index contributed by atoms with van der Waals surface area (Å²) in [7, 11) is 0. The fourth-order valence-electron chi connectivity index (χ4n) is 5.97. The van der Waals surface area contributed by atoms with Crippen LogP contribution < -0.4 is 16.0 Å². The summed E-state index contributed by atoms with van der Waals surface area (Å²) in [5, 5.41) is 5.61. The minimum atomic E-state index is -0.611. The maximum atomic E-state index is 13.7. The summed E-state index contributed by atoms with van der Waals surface area (Å²) in [6, 6.07) is 17.6. The average molecular weight is 559 g/mol. The lowest BCUT2D eigenvalue weighted by Gasteiger charge is -2.43. The third-order valence-corrected chi connectivity index (χ3v) is 8.45. The van der Waals surface area contributed by atoms with Gasteiger partial charge in [-0.05, 0) is 60.1 Å². The van der Waals surface area contributed by atoms with Crippen molar-refractivity contribution in [2.45, 2.75) is 31.2 Å². The van der Waals surface area contributed by atoms with Gasteiger partial charge in [-0.25, -0.2) is 9.69 Å². The molecule has 1 aliphatic carbocycles. The molecule has 3 aromatic carbocycles. The summed E-state index contributed by atoms with van der Waals surface area (Å²) in [6.45, 7) is 0. The van der Waals surface area contributed by atoms with Crippen molar-refractivity contribution < 1.29 is 14.4 Å². The Bertz CT molecular complexity index is 1650. The number of urea groups is 1. The molecule has 2 aliphatic rings. The summed E-state index contributed by atoms with van der Waals surface area (Å²) in [4.78, 5) is 44.4. The molecule has 1 aromatic heterocycles. The van der Waals surface area contributed by atoms with E-state index in [1.165, 1.54) is 4.90 Å². The molecule has 4 aromatic rings. The molecule has 3 unspecified atom stereocenters. The van der Waals surface area contributed by atoms with Crippen molar-refractivity contribution in [3.05, 3.63) is 94.2 Å². The number of anilines is 1. The van der Waals surface area contributed by atoms with Gasteiger partial charge in [-0.3, -0.25) is 14.6 Å². The minimum absolute atomic E-state index is 0.0125. The largest absolute Gasteiger partial charge is 0.366 e. The highest BCUT2D eigenvalue weighted by atomic mass is 35.5. The molecular weight excluding hydrogens is 535 g/mol. The number of benzene rings is 3. The van der Waals surface area contributed by atoms with E-state index in [1.54, 1.807) is 24.5 Å². The zero-order valence-corrected chi connectivity index (χ0v) is 22.2. The van der Waals surface area contributed by atoms with Gasteiger partial charge in [0, 0.05) is 28.0 Å². The van der Waals surface area contributed by atoms with Gasteiger partial charge in [0.15, 0.2) is 0 Å². The Hall–Kier alpha value is -3.94. The number of nitrogens with one attached hydrogen (secondary N) is 1. The van der Waals surface area contributed by atoms with Gasteiger partial charge in [0.1, 0.15) is 0 Å². The van der Waals surface area contributed by atoms with E-state index in [9.17, 15) is 14.4 Å². The van der Waals surface area contributed by atoms with Crippen LogP contribution in [0.25, 0.3) is 21.9 Å². The summed E-state index contributed by atoms with van der Waals surface area (Å²) in [5.74, 6) is -1.20. The summed E-state index contributed by atoms with van der Waals surface area (Å²) in [6.07, 6.45) is 5.12. The number of aromatic nitrogens is 1. The quantitative estimate of drug-likeness (QED) is 0.306. The van der Waals surface area contributed by atoms with E-state index in [2.05, 4.69) is 10.3 Å². The third kappa shape index (κ3) is 4.41. The number of imide groups is 1. The second kappa shape index (κ2) is 9.98. The smallest absolute Gasteiger partial charge is 0.329 e. The zero-order valence-electron chi connectivity index (χ0n) is 20.7. The molecule has 7 nitrogen and oxygen atoms in total. The molecule has 2 heterocycles. The van der Waals surface area contributed by atoms with E-state index in [0.717, 1.165) is 27.5 Å². The monoisotopic (exact) mass is 558 g/mol. The number of rotatable bonds is 4. The maximum absolute atomic E-state index is 13.7. The molecule has 0 radical (unpaired) electrons. The van der Waals surface area contributed by atoms with Gasteiger partial charge in [-0.1, -0.05) is 65.7 Å². The highest BCUT2D eigenvalue weighted by Crippen LogP contribution is 2.45. The molecule has 0 spiro atoms. The number of hydrogen-bond donors (Lipinski definition) is 2. The van der Waals surface area contributed by atoms with Crippen LogP contribution in [-0.2, 0) is 4.79 Å². The number of nitrogens with two attached hydrogens (primary N) is 1. The first-order valence-electron chi connectivity index (χ1n) is 12.7. The predicted octanol–water partition coefficient (Wildman–Crippen LogP) is 6.32. The number of pyridine rings is 1. The second-order valence-electron chi connectivity index (χ2n) is 9.99. The van der Waals surface area contributed by atoms with Crippen molar-refractivity contribution >= 4 is 57.5 Å². The van der Waals surface area contributed by atoms with Crippen LogP contribution in [0.4, 0.5) is 10.5 Å². The van der Waals surface area contributed by atoms with E-state index < -0.39 is 11.9 Å². The number of hydrogen-bond acceptors (Lipinski definition) is 4. The second-order valence-corrected chi connectivity index (χ2v) is 10.8. The summed E-state index contributed by atoms with van der Waals surface area (Å²) in [5.41, 5.74) is 8.79. The molecule has 1 saturated heterocycles. The number of nitrogens with zero attached hydrogens (tertiary/aromatic N) is 2. The fourth-order valence-corrected chi connectivity index (χ4v) is 6.51. The van der Waals surface area contributed by atoms with Crippen molar-refractivity contribution in [3.63, 3.8) is 0 Å². The lowest BCUT2D eigenvalue weighted by Crippen LogP contribution is -2.61. The summed E-state index contributed by atoms with van der Waals surface area (Å²) >= 11 is 12.9. The molecule has 1 saturated carbocycles. The Labute approximate surface area is 234 Å². The van der Waals surface area contributed by atoms with Crippen LogP contribution in [0.1, 0.15) is 41.1 Å². The number of fused-ring (bicyclic) bond motifs is 2. The lowest BCUT2D eigenvalue weighted by atomic mass is 9.72. The van der Waals surface area contributed by atoms with Crippen molar-refractivity contribution in [1.29, 1.82) is 0 Å². The Morgan fingerprint density at radius 3 is 2.62 bits per heavy atom. The lowest BCUT2D eigenvalue weighted by molar-refractivity contribution is -0.124. The van der Waals surface area contributed by atoms with Crippen LogP contribution in [0.15, 0.2) is 73.1 Å². The Morgan fingerprint density at radius 2 is 1.79 bits per heavy atom. The molecule has 3 atom stereocenters. The summed E-state index contributed by atoms with van der Waals surface area (Å²) < 4.78 is 0. The fraction of sp³-hybridized carbons (Fsp3) is 0.200. The highest BCUT2D eigenvalue weighted by Gasteiger charge is 2.46. The van der Waals surface area contributed by atoms with Gasteiger partial charge in [0.25, 0.3) is 0 Å². The van der Waals surface area contributed by atoms with Crippen molar-refractivity contribution in [2.24, 2.45) is 11.7 Å². The highest BCUT2D eigenvalue weighted by molar-refractivity contribution is 6.34. The van der Waals surface area contributed by atoms with E-state index in [-0.39, 0.29) is 34.4 Å². The van der Waals surface area contributed by atoms with Gasteiger partial charge in [0.05, 0.1) is 28.4 Å². The van der Waals surface area contributed by atoms with Gasteiger partial charge in [-0.2, -0.15) is 0 Å². The first-order valence-corrected chi connectivity index (χ1v) is 13.4. The van der Waals surface area contributed by atoms with Crippen LogP contribution in [0.5, 0.6) is 0 Å². The Morgan fingerprint density at radius 1 is 0.974 bits per heavy atom. The van der Waals surface area contributed by atoms with Crippen molar-refractivity contribution in [2.75, 3.05) is 4.90 Å². The number of primary amides is 1. The third-order valence-electron chi connectivity index (χ3n) is 7.79. The molecule has 9 heteroatoms. The molecule has 2 fully saturated rings. The van der Waals surface area contributed by atoms with Gasteiger partial charge in [-0.15, -0.1) is 0 Å². The molecule has 1 aliphatic heterocycles. The first kappa shape index (κ1) is 25.3. The van der Waals surface area contributed by atoms with Gasteiger partial charge < -0.3 is 11.1 Å². The molecule has 6 rings (SSSR count). The topological polar surface area (TPSA) is 105 Å². The van der Waals surface area contributed by atoms with Crippen LogP contribution in [0.3, 0.4) is 0 Å². The number of halogens is 2. The molecule has 3 N–H and O–H groups in total. The number of amides is 4.